The summed E-state index contributed by atoms with van der Waals surface area (Å²) in [6.07, 6.45) is 6.78. The standard InChI is InChI=1S/C16H30N4S/c1-2-17-16(18-11-13-6-9-21-10-7-13)19-14-5-8-20(12-14)15-3-4-15/h13-15H,2-12H2,1H3,(H2,17,18,19). The maximum Gasteiger partial charge on any atom is 0.191 e. The Hall–Kier alpha value is -0.420. The molecule has 3 aliphatic rings. The van der Waals surface area contributed by atoms with Crippen LogP contribution < -0.4 is 10.6 Å². The highest BCUT2D eigenvalue weighted by Gasteiger charge is 2.34. The summed E-state index contributed by atoms with van der Waals surface area (Å²) in [6, 6.07) is 1.49. The van der Waals surface area contributed by atoms with E-state index in [0.29, 0.717) is 6.04 Å². The van der Waals surface area contributed by atoms with Gasteiger partial charge >= 0.3 is 0 Å². The van der Waals surface area contributed by atoms with E-state index in [1.165, 1.54) is 56.7 Å². The van der Waals surface area contributed by atoms with Gasteiger partial charge in [-0.05, 0) is 56.5 Å². The molecule has 0 aromatic carbocycles. The van der Waals surface area contributed by atoms with E-state index in [4.69, 9.17) is 4.99 Å². The van der Waals surface area contributed by atoms with E-state index < -0.39 is 0 Å². The van der Waals surface area contributed by atoms with Crippen molar-refractivity contribution in [2.45, 2.75) is 51.1 Å². The number of thioether (sulfide) groups is 1. The quantitative estimate of drug-likeness (QED) is 0.601. The lowest BCUT2D eigenvalue weighted by Crippen LogP contribution is -2.45. The minimum atomic E-state index is 0.588. The lowest BCUT2D eigenvalue weighted by atomic mass is 10.0. The molecule has 1 unspecified atom stereocenters. The van der Waals surface area contributed by atoms with E-state index >= 15 is 0 Å². The smallest absolute Gasteiger partial charge is 0.191 e. The first-order chi connectivity index (χ1) is 10.3. The van der Waals surface area contributed by atoms with E-state index in [0.717, 1.165) is 31.0 Å². The lowest BCUT2D eigenvalue weighted by Gasteiger charge is -2.21. The van der Waals surface area contributed by atoms with Crippen molar-refractivity contribution in [2.75, 3.05) is 37.7 Å². The van der Waals surface area contributed by atoms with Crippen LogP contribution in [0.25, 0.3) is 0 Å². The molecule has 2 aliphatic heterocycles. The Morgan fingerprint density at radius 1 is 1.19 bits per heavy atom. The molecule has 0 aromatic rings. The summed E-state index contributed by atoms with van der Waals surface area (Å²) in [6.45, 7) is 6.57. The van der Waals surface area contributed by atoms with Gasteiger partial charge in [-0.1, -0.05) is 0 Å². The van der Waals surface area contributed by atoms with Crippen LogP contribution in [0.3, 0.4) is 0 Å². The molecule has 2 saturated heterocycles. The van der Waals surface area contributed by atoms with Gasteiger partial charge in [-0.2, -0.15) is 11.8 Å². The Morgan fingerprint density at radius 2 is 2.00 bits per heavy atom. The summed E-state index contributed by atoms with van der Waals surface area (Å²) in [7, 11) is 0. The summed E-state index contributed by atoms with van der Waals surface area (Å²) in [4.78, 5) is 7.51. The van der Waals surface area contributed by atoms with Crippen LogP contribution in [0.1, 0.15) is 39.0 Å². The molecule has 3 rings (SSSR count). The molecule has 2 N–H and O–H groups in total. The summed E-state index contributed by atoms with van der Waals surface area (Å²) >= 11 is 2.09. The monoisotopic (exact) mass is 310 g/mol. The number of hydrogen-bond donors (Lipinski definition) is 2. The van der Waals surface area contributed by atoms with E-state index in [2.05, 4.69) is 34.2 Å². The van der Waals surface area contributed by atoms with Gasteiger partial charge in [0.25, 0.3) is 0 Å². The minimum absolute atomic E-state index is 0.588. The van der Waals surface area contributed by atoms with Crippen molar-refractivity contribution in [3.8, 4) is 0 Å². The van der Waals surface area contributed by atoms with Crippen molar-refractivity contribution in [2.24, 2.45) is 10.9 Å². The zero-order valence-corrected chi connectivity index (χ0v) is 14.1. The van der Waals surface area contributed by atoms with Gasteiger partial charge in [0.1, 0.15) is 0 Å². The molecule has 5 heteroatoms. The largest absolute Gasteiger partial charge is 0.357 e. The van der Waals surface area contributed by atoms with Gasteiger partial charge in [-0.3, -0.25) is 9.89 Å². The molecule has 21 heavy (non-hydrogen) atoms. The van der Waals surface area contributed by atoms with Crippen molar-refractivity contribution < 1.29 is 0 Å². The van der Waals surface area contributed by atoms with Crippen LogP contribution in [-0.2, 0) is 0 Å². The number of aliphatic imine (C=N–C) groups is 1. The number of nitrogens with one attached hydrogen (secondary N) is 2. The molecule has 1 atom stereocenters. The molecule has 4 nitrogen and oxygen atoms in total. The third-order valence-electron chi connectivity index (χ3n) is 4.82. The van der Waals surface area contributed by atoms with Gasteiger partial charge in [-0.25, -0.2) is 0 Å². The van der Waals surface area contributed by atoms with Crippen LogP contribution in [0.4, 0.5) is 0 Å². The maximum atomic E-state index is 4.85. The number of rotatable bonds is 5. The Morgan fingerprint density at radius 3 is 2.71 bits per heavy atom. The first-order valence-corrected chi connectivity index (χ1v) is 9.87. The molecule has 0 spiro atoms. The normalized spacial score (nSPS) is 28.8. The minimum Gasteiger partial charge on any atom is -0.357 e. The second-order valence-corrected chi connectivity index (χ2v) is 7.86. The van der Waals surface area contributed by atoms with Gasteiger partial charge < -0.3 is 10.6 Å². The van der Waals surface area contributed by atoms with Crippen molar-refractivity contribution >= 4 is 17.7 Å². The van der Waals surface area contributed by atoms with Crippen LogP contribution in [0.5, 0.6) is 0 Å². The van der Waals surface area contributed by atoms with E-state index in [1.807, 2.05) is 0 Å². The van der Waals surface area contributed by atoms with Crippen LogP contribution in [0.15, 0.2) is 4.99 Å². The topological polar surface area (TPSA) is 39.7 Å². The Labute approximate surface area is 133 Å². The number of guanidine groups is 1. The highest BCUT2D eigenvalue weighted by Crippen LogP contribution is 2.29. The zero-order chi connectivity index (χ0) is 14.5. The fraction of sp³-hybridized carbons (Fsp3) is 0.938. The molecule has 3 fully saturated rings. The molecular weight excluding hydrogens is 280 g/mol. The average Bonchev–Trinajstić information content (AvgIpc) is 3.26. The second kappa shape index (κ2) is 7.73. The van der Waals surface area contributed by atoms with Crippen molar-refractivity contribution in [1.82, 2.24) is 15.5 Å². The van der Waals surface area contributed by atoms with Crippen LogP contribution in [0, 0.1) is 5.92 Å². The SMILES string of the molecule is CCNC(=NCC1CCSCC1)NC1CCN(C2CC2)C1. The highest BCUT2D eigenvalue weighted by atomic mass is 32.2. The van der Waals surface area contributed by atoms with Gasteiger partial charge in [0, 0.05) is 38.3 Å². The summed E-state index contributed by atoms with van der Waals surface area (Å²) < 4.78 is 0. The summed E-state index contributed by atoms with van der Waals surface area (Å²) in [5.74, 6) is 4.48. The third-order valence-corrected chi connectivity index (χ3v) is 5.87. The van der Waals surface area contributed by atoms with E-state index in [1.54, 1.807) is 0 Å². The molecule has 1 saturated carbocycles. The van der Waals surface area contributed by atoms with E-state index in [9.17, 15) is 0 Å². The van der Waals surface area contributed by atoms with Crippen molar-refractivity contribution in [3.05, 3.63) is 0 Å². The van der Waals surface area contributed by atoms with Crippen molar-refractivity contribution in [1.29, 1.82) is 0 Å². The fourth-order valence-electron chi connectivity index (χ4n) is 3.34. The second-order valence-electron chi connectivity index (χ2n) is 6.63. The summed E-state index contributed by atoms with van der Waals surface area (Å²) in [5.41, 5.74) is 0. The molecule has 2 heterocycles. The van der Waals surface area contributed by atoms with E-state index in [-0.39, 0.29) is 0 Å². The number of hydrogen-bond acceptors (Lipinski definition) is 3. The molecule has 0 aromatic heterocycles. The van der Waals surface area contributed by atoms with Gasteiger partial charge in [0.05, 0.1) is 0 Å². The molecule has 120 valence electrons. The first kappa shape index (κ1) is 15.5. The maximum absolute atomic E-state index is 4.85. The molecule has 0 amide bonds. The van der Waals surface area contributed by atoms with Gasteiger partial charge in [-0.15, -0.1) is 0 Å². The van der Waals surface area contributed by atoms with Gasteiger partial charge in [0.15, 0.2) is 5.96 Å². The highest BCUT2D eigenvalue weighted by molar-refractivity contribution is 7.99. The van der Waals surface area contributed by atoms with Crippen LogP contribution in [0.2, 0.25) is 0 Å². The molecule has 0 bridgehead atoms. The molecule has 0 radical (unpaired) electrons. The Balaban J connectivity index is 1.46. The lowest BCUT2D eigenvalue weighted by molar-refractivity contribution is 0.321. The average molecular weight is 311 g/mol. The number of nitrogens with zero attached hydrogens (tertiary/aromatic N) is 2. The first-order valence-electron chi connectivity index (χ1n) is 8.71. The Bertz CT molecular complexity index is 350. The summed E-state index contributed by atoms with van der Waals surface area (Å²) in [5, 5.41) is 7.09. The molecule has 1 aliphatic carbocycles. The fourth-order valence-corrected chi connectivity index (χ4v) is 4.54. The zero-order valence-electron chi connectivity index (χ0n) is 13.3. The third kappa shape index (κ3) is 4.78. The Kier molecular flexibility index (Phi) is 5.69. The van der Waals surface area contributed by atoms with Crippen LogP contribution >= 0.6 is 11.8 Å². The number of likely N-dealkylation sites (tertiary alicyclic amines) is 1. The predicted octanol–water partition coefficient (Wildman–Crippen LogP) is 1.92. The predicted molar refractivity (Wildman–Crippen MR) is 92.2 cm³/mol. The van der Waals surface area contributed by atoms with Gasteiger partial charge in [0.2, 0.25) is 0 Å². The molecular formula is C16H30N4S. The van der Waals surface area contributed by atoms with Crippen molar-refractivity contribution in [3.63, 3.8) is 0 Å². The van der Waals surface area contributed by atoms with Crippen LogP contribution in [-0.4, -0.2) is 60.6 Å².